The average molecular weight is 404 g/mol. The number of hydrogen-bond donors (Lipinski definition) is 0. The van der Waals surface area contributed by atoms with E-state index in [1.807, 2.05) is 23.6 Å². The van der Waals surface area contributed by atoms with Gasteiger partial charge < -0.3 is 14.2 Å². The summed E-state index contributed by atoms with van der Waals surface area (Å²) in [4.78, 5) is 30.9. The third-order valence-corrected chi connectivity index (χ3v) is 5.22. The van der Waals surface area contributed by atoms with E-state index in [0.29, 0.717) is 18.0 Å². The highest BCUT2D eigenvalue weighted by Gasteiger charge is 2.33. The van der Waals surface area contributed by atoms with Gasteiger partial charge in [0.05, 0.1) is 23.0 Å². The maximum absolute atomic E-state index is 12.6. The number of benzene rings is 1. The zero-order valence-corrected chi connectivity index (χ0v) is 17.1. The topological polar surface area (TPSA) is 78.0 Å². The molecule has 1 aromatic heterocycles. The van der Waals surface area contributed by atoms with Gasteiger partial charge in [-0.2, -0.15) is 0 Å². The number of anilines is 1. The summed E-state index contributed by atoms with van der Waals surface area (Å²) in [7, 11) is 1.53. The predicted molar refractivity (Wildman–Crippen MR) is 107 cm³/mol. The van der Waals surface area contributed by atoms with E-state index in [4.69, 9.17) is 14.2 Å². The molecule has 3 rings (SSSR count). The van der Waals surface area contributed by atoms with Crippen molar-refractivity contribution in [2.75, 3.05) is 31.8 Å². The lowest BCUT2D eigenvalue weighted by Gasteiger charge is -2.32. The van der Waals surface area contributed by atoms with E-state index in [2.05, 4.69) is 11.9 Å². The molecular formula is C20H24N2O5S. The van der Waals surface area contributed by atoms with Crippen LogP contribution in [0.5, 0.6) is 5.75 Å². The summed E-state index contributed by atoms with van der Waals surface area (Å²) in [5.41, 5.74) is 2.28. The van der Waals surface area contributed by atoms with Crippen molar-refractivity contribution in [3.05, 3.63) is 28.6 Å². The fraction of sp³-hybridized carbons (Fsp3) is 0.450. The van der Waals surface area contributed by atoms with Crippen molar-refractivity contribution in [1.29, 1.82) is 0 Å². The molecule has 1 aromatic carbocycles. The zero-order valence-electron chi connectivity index (χ0n) is 16.3. The Morgan fingerprint density at radius 3 is 2.93 bits per heavy atom. The summed E-state index contributed by atoms with van der Waals surface area (Å²) < 4.78 is 15.7. The lowest BCUT2D eigenvalue weighted by Crippen LogP contribution is -2.47. The third kappa shape index (κ3) is 4.51. The number of carbonyl (C=O) groups excluding carboxylic acids is 2. The Bertz CT molecular complexity index is 851. The Morgan fingerprint density at radius 1 is 1.36 bits per heavy atom. The molecule has 1 aliphatic heterocycles. The van der Waals surface area contributed by atoms with Crippen LogP contribution in [0.15, 0.2) is 23.6 Å². The summed E-state index contributed by atoms with van der Waals surface area (Å²) in [6, 6.07) is 5.57. The van der Waals surface area contributed by atoms with E-state index in [1.54, 1.807) is 18.3 Å². The normalized spacial score (nSPS) is 15.9. The van der Waals surface area contributed by atoms with Crippen LogP contribution in [-0.2, 0) is 25.5 Å². The van der Waals surface area contributed by atoms with E-state index in [1.165, 1.54) is 12.0 Å². The number of aromatic nitrogens is 1. The Balaban J connectivity index is 1.86. The summed E-state index contributed by atoms with van der Waals surface area (Å²) in [5, 5.41) is 3.08. The molecule has 0 bridgehead atoms. The van der Waals surface area contributed by atoms with Gasteiger partial charge in [-0.3, -0.25) is 14.5 Å². The Hall–Kier alpha value is -2.45. The lowest BCUT2D eigenvalue weighted by atomic mass is 10.1. The van der Waals surface area contributed by atoms with Gasteiger partial charge in [0.15, 0.2) is 6.10 Å². The quantitative estimate of drug-likeness (QED) is 0.497. The molecule has 1 aliphatic rings. The molecule has 2 heterocycles. The number of methoxy groups -OCH3 is 1. The molecule has 1 unspecified atom stereocenters. The number of ether oxygens (including phenoxy) is 3. The van der Waals surface area contributed by atoms with E-state index < -0.39 is 12.1 Å². The number of rotatable bonds is 8. The number of amides is 1. The fourth-order valence-electron chi connectivity index (χ4n) is 2.92. The minimum absolute atomic E-state index is 0.148. The third-order valence-electron chi connectivity index (χ3n) is 4.32. The first kappa shape index (κ1) is 20.3. The van der Waals surface area contributed by atoms with Gasteiger partial charge in [0.2, 0.25) is 0 Å². The van der Waals surface area contributed by atoms with E-state index in [0.717, 1.165) is 29.1 Å². The predicted octanol–water partition coefficient (Wildman–Crippen LogP) is 3.07. The number of nitrogens with zero attached hydrogens (tertiary/aromatic N) is 2. The summed E-state index contributed by atoms with van der Waals surface area (Å²) >= 11 is 1.62. The minimum atomic E-state index is -0.666. The first-order valence-electron chi connectivity index (χ1n) is 9.25. The molecule has 150 valence electrons. The highest BCUT2D eigenvalue weighted by Crippen LogP contribution is 2.37. The van der Waals surface area contributed by atoms with Crippen LogP contribution in [-0.4, -0.2) is 49.8 Å². The van der Waals surface area contributed by atoms with Crippen molar-refractivity contribution in [2.45, 2.75) is 32.8 Å². The monoisotopic (exact) mass is 404 g/mol. The number of thiazole rings is 1. The summed E-state index contributed by atoms with van der Waals surface area (Å²) in [5.74, 6) is -0.211. The Morgan fingerprint density at radius 2 is 2.18 bits per heavy atom. The number of fused-ring (bicyclic) bond motifs is 1. The van der Waals surface area contributed by atoms with Gasteiger partial charge >= 0.3 is 5.97 Å². The van der Waals surface area contributed by atoms with Crippen LogP contribution in [0.1, 0.15) is 25.3 Å². The zero-order chi connectivity index (χ0) is 20.1. The van der Waals surface area contributed by atoms with E-state index in [-0.39, 0.29) is 19.1 Å². The molecule has 1 amide bonds. The molecule has 0 aliphatic carbocycles. The van der Waals surface area contributed by atoms with Crippen molar-refractivity contribution in [3.8, 4) is 17.0 Å². The second-order valence-electron chi connectivity index (χ2n) is 6.46. The fourth-order valence-corrected chi connectivity index (χ4v) is 3.82. The highest BCUT2D eigenvalue weighted by atomic mass is 32.1. The van der Waals surface area contributed by atoms with Gasteiger partial charge in [-0.15, -0.1) is 11.3 Å². The summed E-state index contributed by atoms with van der Waals surface area (Å²) in [6.07, 6.45) is 1.31. The smallest absolute Gasteiger partial charge is 0.326 e. The van der Waals surface area contributed by atoms with Crippen molar-refractivity contribution in [3.63, 3.8) is 0 Å². The molecule has 2 aromatic rings. The second-order valence-corrected chi connectivity index (χ2v) is 7.40. The summed E-state index contributed by atoms with van der Waals surface area (Å²) in [6.45, 7) is 4.07. The number of esters is 1. The van der Waals surface area contributed by atoms with Crippen molar-refractivity contribution >= 4 is 28.9 Å². The molecule has 0 radical (unpaired) electrons. The first-order valence-corrected chi connectivity index (χ1v) is 10.1. The number of aryl methyl sites for hydroxylation is 1. The standard InChI is InChI=1S/C20H24N2O5S/c1-4-5-18-21-15(12-28-18)14-6-7-17-16(10-14)22(20(24)13(2)27-17)11-19(23)26-9-8-25-3/h6-7,10,12-13H,4-5,8-9,11H2,1-3H3. The molecule has 28 heavy (non-hydrogen) atoms. The van der Waals surface area contributed by atoms with Crippen LogP contribution < -0.4 is 9.64 Å². The van der Waals surface area contributed by atoms with Crippen LogP contribution in [0.2, 0.25) is 0 Å². The van der Waals surface area contributed by atoms with Crippen LogP contribution in [0.25, 0.3) is 11.3 Å². The second kappa shape index (κ2) is 9.16. The Kier molecular flexibility index (Phi) is 6.64. The molecule has 0 saturated carbocycles. The number of hydrogen-bond acceptors (Lipinski definition) is 7. The maximum Gasteiger partial charge on any atom is 0.326 e. The average Bonchev–Trinajstić information content (AvgIpc) is 3.14. The molecule has 0 fully saturated rings. The minimum Gasteiger partial charge on any atom is -0.479 e. The number of carbonyl (C=O) groups is 2. The van der Waals surface area contributed by atoms with Crippen molar-refractivity contribution in [1.82, 2.24) is 4.98 Å². The lowest BCUT2D eigenvalue weighted by molar-refractivity contribution is -0.144. The van der Waals surface area contributed by atoms with Gasteiger partial charge in [0, 0.05) is 18.1 Å². The first-order chi connectivity index (χ1) is 13.5. The SMILES string of the molecule is CCCc1nc(-c2ccc3c(c2)N(CC(=O)OCCOC)C(=O)C(C)O3)cs1. The van der Waals surface area contributed by atoms with Crippen LogP contribution in [0.4, 0.5) is 5.69 Å². The van der Waals surface area contributed by atoms with E-state index >= 15 is 0 Å². The highest BCUT2D eigenvalue weighted by molar-refractivity contribution is 7.09. The van der Waals surface area contributed by atoms with Crippen LogP contribution in [0, 0.1) is 0 Å². The van der Waals surface area contributed by atoms with Crippen LogP contribution >= 0.6 is 11.3 Å². The van der Waals surface area contributed by atoms with Gasteiger partial charge in [-0.05, 0) is 38.0 Å². The Labute approximate surface area is 168 Å². The van der Waals surface area contributed by atoms with Crippen molar-refractivity contribution in [2.24, 2.45) is 0 Å². The van der Waals surface area contributed by atoms with Gasteiger partial charge in [0.1, 0.15) is 18.9 Å². The molecule has 7 nitrogen and oxygen atoms in total. The maximum atomic E-state index is 12.6. The molecule has 0 N–H and O–H groups in total. The van der Waals surface area contributed by atoms with Gasteiger partial charge in [-0.25, -0.2) is 4.98 Å². The molecule has 1 atom stereocenters. The molecule has 0 spiro atoms. The van der Waals surface area contributed by atoms with Gasteiger partial charge in [0.25, 0.3) is 5.91 Å². The van der Waals surface area contributed by atoms with E-state index in [9.17, 15) is 9.59 Å². The van der Waals surface area contributed by atoms with Crippen molar-refractivity contribution < 1.29 is 23.8 Å². The molecule has 8 heteroatoms. The largest absolute Gasteiger partial charge is 0.479 e. The molecular weight excluding hydrogens is 380 g/mol. The van der Waals surface area contributed by atoms with Crippen LogP contribution in [0.3, 0.4) is 0 Å². The molecule has 0 saturated heterocycles. The van der Waals surface area contributed by atoms with Gasteiger partial charge in [-0.1, -0.05) is 6.92 Å².